The number of ether oxygens (including phenoxy) is 3. The molecule has 2 aliphatic rings. The van der Waals surface area contributed by atoms with Crippen molar-refractivity contribution in [1.29, 1.82) is 0 Å². The first-order valence-corrected chi connectivity index (χ1v) is 8.30. The highest BCUT2D eigenvalue weighted by molar-refractivity contribution is 6.09. The van der Waals surface area contributed by atoms with E-state index in [9.17, 15) is 9.59 Å². The van der Waals surface area contributed by atoms with E-state index in [2.05, 4.69) is 0 Å². The van der Waals surface area contributed by atoms with Crippen molar-refractivity contribution < 1.29 is 23.8 Å². The molecule has 1 amide bonds. The topological polar surface area (TPSA) is 70.0 Å². The number of anilines is 1. The van der Waals surface area contributed by atoms with Gasteiger partial charge in [-0.3, -0.25) is 9.69 Å². The van der Waals surface area contributed by atoms with E-state index in [-0.39, 0.29) is 25.2 Å². The van der Waals surface area contributed by atoms with Crippen molar-refractivity contribution >= 4 is 28.5 Å². The minimum Gasteiger partial charge on any atom is -0.481 e. The van der Waals surface area contributed by atoms with Crippen LogP contribution >= 0.6 is 0 Å². The molecule has 0 N–H and O–H groups in total. The molecule has 0 unspecified atom stereocenters. The number of hydrogen-bond acceptors (Lipinski definition) is 5. The van der Waals surface area contributed by atoms with Crippen LogP contribution in [0.25, 0.3) is 10.9 Å². The van der Waals surface area contributed by atoms with Crippen LogP contribution in [-0.4, -0.2) is 44.0 Å². The van der Waals surface area contributed by atoms with E-state index in [1.54, 1.807) is 12.0 Å². The average molecular weight is 344 g/mol. The highest BCUT2D eigenvalue weighted by Gasteiger charge is 2.32. The smallest absolute Gasteiger partial charge is 0.354 e. The van der Waals surface area contributed by atoms with Gasteiger partial charge in [-0.15, -0.1) is 0 Å². The number of fused-ring (bicyclic) bond motifs is 3. The first-order valence-electron chi connectivity index (χ1n) is 8.30. The standard InChI is InChI=1S/C18H20N2O5/c1-23-10-20-15(21)9-25-14-6-5-12-7-13(18(22)24-2)19(8-11-3-4-11)16(12)17(14)20/h5-7,11H,3-4,8-10H2,1-2H3. The molecular formula is C18H20N2O5. The quantitative estimate of drug-likeness (QED) is 0.778. The van der Waals surface area contributed by atoms with Crippen LogP contribution in [0.15, 0.2) is 18.2 Å². The van der Waals surface area contributed by atoms with Crippen LogP contribution in [-0.2, 0) is 20.8 Å². The van der Waals surface area contributed by atoms with Crippen molar-refractivity contribution in [1.82, 2.24) is 4.57 Å². The van der Waals surface area contributed by atoms with E-state index in [0.717, 1.165) is 30.3 Å². The Morgan fingerprint density at radius 3 is 2.80 bits per heavy atom. The van der Waals surface area contributed by atoms with Gasteiger partial charge in [0.25, 0.3) is 5.91 Å². The number of methoxy groups -OCH3 is 2. The Bertz CT molecular complexity index is 853. The second kappa shape index (κ2) is 6.07. The average Bonchev–Trinajstić information content (AvgIpc) is 3.36. The zero-order valence-corrected chi connectivity index (χ0v) is 14.3. The minimum atomic E-state index is -0.382. The Morgan fingerprint density at radius 2 is 2.12 bits per heavy atom. The van der Waals surface area contributed by atoms with E-state index in [1.807, 2.05) is 22.8 Å². The lowest BCUT2D eigenvalue weighted by Gasteiger charge is -2.30. The van der Waals surface area contributed by atoms with Crippen molar-refractivity contribution in [2.75, 3.05) is 32.5 Å². The number of amides is 1. The number of carbonyl (C=O) groups excluding carboxylic acids is 2. The van der Waals surface area contributed by atoms with Crippen molar-refractivity contribution in [2.24, 2.45) is 5.92 Å². The Morgan fingerprint density at radius 1 is 1.32 bits per heavy atom. The molecule has 0 saturated heterocycles. The molecule has 4 rings (SSSR count). The Kier molecular flexibility index (Phi) is 3.88. The summed E-state index contributed by atoms with van der Waals surface area (Å²) < 4.78 is 17.7. The molecule has 2 heterocycles. The van der Waals surface area contributed by atoms with Crippen molar-refractivity contribution in [3.05, 3.63) is 23.9 Å². The maximum absolute atomic E-state index is 12.4. The van der Waals surface area contributed by atoms with E-state index >= 15 is 0 Å². The summed E-state index contributed by atoms with van der Waals surface area (Å²) in [6.45, 7) is 0.838. The van der Waals surface area contributed by atoms with Crippen molar-refractivity contribution in [2.45, 2.75) is 19.4 Å². The molecule has 1 aromatic carbocycles. The van der Waals surface area contributed by atoms with Crippen LogP contribution in [0.3, 0.4) is 0 Å². The zero-order valence-electron chi connectivity index (χ0n) is 14.3. The Hall–Kier alpha value is -2.54. The monoisotopic (exact) mass is 344 g/mol. The molecule has 0 spiro atoms. The van der Waals surface area contributed by atoms with Gasteiger partial charge in [0.2, 0.25) is 0 Å². The maximum atomic E-state index is 12.4. The summed E-state index contributed by atoms with van der Waals surface area (Å²) in [5, 5.41) is 0.874. The van der Waals surface area contributed by atoms with Crippen molar-refractivity contribution in [3.63, 3.8) is 0 Å². The van der Waals surface area contributed by atoms with Crippen LogP contribution in [0.1, 0.15) is 23.3 Å². The van der Waals surface area contributed by atoms with E-state index in [0.29, 0.717) is 23.0 Å². The summed E-state index contributed by atoms with van der Waals surface area (Å²) in [6, 6.07) is 5.55. The molecule has 132 valence electrons. The van der Waals surface area contributed by atoms with Crippen LogP contribution in [0.4, 0.5) is 5.69 Å². The Labute approximate surface area is 145 Å². The van der Waals surface area contributed by atoms with Gasteiger partial charge in [-0.2, -0.15) is 0 Å². The molecule has 1 saturated carbocycles. The lowest BCUT2D eigenvalue weighted by Crippen LogP contribution is -2.40. The second-order valence-electron chi connectivity index (χ2n) is 6.45. The summed E-state index contributed by atoms with van der Waals surface area (Å²) >= 11 is 0. The van der Waals surface area contributed by atoms with E-state index < -0.39 is 0 Å². The van der Waals surface area contributed by atoms with Crippen molar-refractivity contribution in [3.8, 4) is 5.75 Å². The fourth-order valence-electron chi connectivity index (χ4n) is 3.33. The van der Waals surface area contributed by atoms with Crippen LogP contribution in [0, 0.1) is 5.92 Å². The third-order valence-corrected chi connectivity index (χ3v) is 4.71. The van der Waals surface area contributed by atoms with Crippen LogP contribution in [0.5, 0.6) is 5.75 Å². The number of nitrogens with zero attached hydrogens (tertiary/aromatic N) is 2. The highest BCUT2D eigenvalue weighted by Crippen LogP contribution is 2.42. The Balaban J connectivity index is 1.96. The molecule has 1 aromatic heterocycles. The van der Waals surface area contributed by atoms with Gasteiger partial charge in [0.05, 0.1) is 12.6 Å². The molecule has 0 atom stereocenters. The first kappa shape index (κ1) is 16.0. The largest absolute Gasteiger partial charge is 0.481 e. The molecule has 0 radical (unpaired) electrons. The summed E-state index contributed by atoms with van der Waals surface area (Å²) in [5.74, 6) is 0.620. The summed E-state index contributed by atoms with van der Waals surface area (Å²) in [4.78, 5) is 26.2. The van der Waals surface area contributed by atoms with E-state index in [1.165, 1.54) is 7.11 Å². The summed E-state index contributed by atoms with van der Waals surface area (Å²) in [5.41, 5.74) is 1.97. The highest BCUT2D eigenvalue weighted by atomic mass is 16.5. The third-order valence-electron chi connectivity index (χ3n) is 4.71. The predicted octanol–water partition coefficient (Wildman–Crippen LogP) is 2.17. The molecular weight excluding hydrogens is 324 g/mol. The maximum Gasteiger partial charge on any atom is 0.354 e. The number of carbonyl (C=O) groups is 2. The van der Waals surface area contributed by atoms with Crippen LogP contribution < -0.4 is 9.64 Å². The predicted molar refractivity (Wildman–Crippen MR) is 90.9 cm³/mol. The van der Waals surface area contributed by atoms with Crippen LogP contribution in [0.2, 0.25) is 0 Å². The number of benzene rings is 1. The SMILES string of the molecule is COCN1C(=O)COc2ccc3cc(C(=O)OC)n(CC4CC4)c3c21. The molecule has 1 aliphatic carbocycles. The van der Waals surface area contributed by atoms with Gasteiger partial charge in [-0.05, 0) is 37.0 Å². The minimum absolute atomic E-state index is 0.0188. The van der Waals surface area contributed by atoms with Gasteiger partial charge in [0.15, 0.2) is 6.61 Å². The van der Waals surface area contributed by atoms with Gasteiger partial charge in [0.1, 0.15) is 23.9 Å². The first-order chi connectivity index (χ1) is 12.1. The van der Waals surface area contributed by atoms with Gasteiger partial charge in [-0.1, -0.05) is 0 Å². The van der Waals surface area contributed by atoms with Gasteiger partial charge < -0.3 is 18.8 Å². The molecule has 7 nitrogen and oxygen atoms in total. The number of rotatable bonds is 5. The molecule has 0 bridgehead atoms. The number of aromatic nitrogens is 1. The third kappa shape index (κ3) is 2.64. The summed E-state index contributed by atoms with van der Waals surface area (Å²) in [7, 11) is 2.92. The number of hydrogen-bond donors (Lipinski definition) is 0. The second-order valence-corrected chi connectivity index (χ2v) is 6.45. The molecule has 7 heteroatoms. The molecule has 1 fully saturated rings. The lowest BCUT2D eigenvalue weighted by molar-refractivity contribution is -0.122. The summed E-state index contributed by atoms with van der Waals surface area (Å²) in [6.07, 6.45) is 2.29. The fraction of sp³-hybridized carbons (Fsp3) is 0.444. The fourth-order valence-corrected chi connectivity index (χ4v) is 3.33. The van der Waals surface area contributed by atoms with Gasteiger partial charge in [-0.25, -0.2) is 4.79 Å². The molecule has 1 aliphatic heterocycles. The number of esters is 1. The molecule has 25 heavy (non-hydrogen) atoms. The zero-order chi connectivity index (χ0) is 17.6. The lowest BCUT2D eigenvalue weighted by atomic mass is 10.1. The normalized spacial score (nSPS) is 16.7. The van der Waals surface area contributed by atoms with E-state index in [4.69, 9.17) is 14.2 Å². The van der Waals surface area contributed by atoms with Gasteiger partial charge in [0, 0.05) is 19.0 Å². The molecule has 2 aromatic rings. The van der Waals surface area contributed by atoms with Gasteiger partial charge >= 0.3 is 5.97 Å².